The Balaban J connectivity index is 1.15. The van der Waals surface area contributed by atoms with Crippen LogP contribution in [-0.4, -0.2) is 74.1 Å². The summed E-state index contributed by atoms with van der Waals surface area (Å²) >= 11 is 0. The van der Waals surface area contributed by atoms with Crippen LogP contribution in [0.25, 0.3) is 11.1 Å². The van der Waals surface area contributed by atoms with E-state index >= 15 is 0 Å². The highest BCUT2D eigenvalue weighted by molar-refractivity contribution is 6.00. The molecule has 0 bridgehead atoms. The number of hydrogen-bond acceptors (Lipinski definition) is 4. The van der Waals surface area contributed by atoms with Crippen molar-refractivity contribution in [3.05, 3.63) is 94.5 Å². The van der Waals surface area contributed by atoms with Gasteiger partial charge in [-0.1, -0.05) is 68.8 Å². The molecule has 48 heavy (non-hydrogen) atoms. The molecule has 0 aliphatic carbocycles. The zero-order valence-electron chi connectivity index (χ0n) is 28.6. The van der Waals surface area contributed by atoms with E-state index in [4.69, 9.17) is 4.74 Å². The number of likely N-dealkylation sites (N-methyl/N-ethyl adjacent to an activating group) is 1. The highest BCUT2D eigenvalue weighted by Crippen LogP contribution is 2.32. The fourth-order valence-electron chi connectivity index (χ4n) is 6.50. The fourth-order valence-corrected chi connectivity index (χ4v) is 6.50. The summed E-state index contributed by atoms with van der Waals surface area (Å²) in [6, 6.07) is 18.4. The third-order valence-corrected chi connectivity index (χ3v) is 9.16. The number of carbonyl (C=O) groups is 2. The first-order valence-electron chi connectivity index (χ1n) is 17.3. The monoisotopic (exact) mass is 665 g/mol. The normalized spacial score (nSPS) is 15.3. The van der Waals surface area contributed by atoms with E-state index in [0.29, 0.717) is 42.8 Å². The Morgan fingerprint density at radius 3 is 2.31 bits per heavy atom. The van der Waals surface area contributed by atoms with Gasteiger partial charge in [-0.3, -0.25) is 14.5 Å². The number of amides is 2. The van der Waals surface area contributed by atoms with Crippen molar-refractivity contribution in [2.75, 3.05) is 46.4 Å². The van der Waals surface area contributed by atoms with Gasteiger partial charge in [0.2, 0.25) is 5.91 Å². The van der Waals surface area contributed by atoms with E-state index in [9.17, 15) is 22.8 Å². The molecule has 0 saturated carbocycles. The number of rotatable bonds is 16. The van der Waals surface area contributed by atoms with Crippen LogP contribution in [0.3, 0.4) is 0 Å². The van der Waals surface area contributed by atoms with Crippen molar-refractivity contribution >= 4 is 11.8 Å². The molecule has 3 aromatic carbocycles. The predicted molar refractivity (Wildman–Crippen MR) is 185 cm³/mol. The summed E-state index contributed by atoms with van der Waals surface area (Å²) in [6.07, 6.45) is 2.82. The molecule has 2 amide bonds. The molecule has 0 spiro atoms. The predicted octanol–water partition coefficient (Wildman–Crippen LogP) is 7.58. The summed E-state index contributed by atoms with van der Waals surface area (Å²) in [5.74, 6) is -0.0801. The number of ether oxygens (including phenoxy) is 1. The second-order valence-corrected chi connectivity index (χ2v) is 12.6. The number of hydrogen-bond donors (Lipinski definition) is 1. The first-order chi connectivity index (χ1) is 23.1. The number of nitrogens with one attached hydrogen (secondary N) is 1. The second-order valence-electron chi connectivity index (χ2n) is 12.6. The van der Waals surface area contributed by atoms with E-state index in [-0.39, 0.29) is 17.9 Å². The van der Waals surface area contributed by atoms with Crippen LogP contribution in [0.2, 0.25) is 0 Å². The van der Waals surface area contributed by atoms with Crippen LogP contribution in [0.15, 0.2) is 66.7 Å². The van der Waals surface area contributed by atoms with Crippen LogP contribution in [0, 0.1) is 0 Å². The lowest BCUT2D eigenvalue weighted by molar-refractivity contribution is -0.137. The molecule has 4 rings (SSSR count). The van der Waals surface area contributed by atoms with Crippen molar-refractivity contribution in [3.8, 4) is 11.1 Å². The van der Waals surface area contributed by atoms with Gasteiger partial charge in [-0.25, -0.2) is 0 Å². The second kappa shape index (κ2) is 18.2. The van der Waals surface area contributed by atoms with Crippen molar-refractivity contribution in [3.63, 3.8) is 0 Å². The van der Waals surface area contributed by atoms with Gasteiger partial charge in [-0.05, 0) is 91.1 Å². The van der Waals surface area contributed by atoms with Gasteiger partial charge >= 0.3 is 6.18 Å². The van der Waals surface area contributed by atoms with Crippen molar-refractivity contribution in [1.29, 1.82) is 0 Å². The van der Waals surface area contributed by atoms with Gasteiger partial charge in [0.25, 0.3) is 5.91 Å². The van der Waals surface area contributed by atoms with Crippen molar-refractivity contribution in [2.45, 2.75) is 77.5 Å². The van der Waals surface area contributed by atoms with Gasteiger partial charge in [0.05, 0.1) is 18.3 Å². The molecular formula is C39H50F3N3O3. The molecule has 1 heterocycles. The van der Waals surface area contributed by atoms with Gasteiger partial charge in [-0.15, -0.1) is 0 Å². The number of carbonyl (C=O) groups excluding carboxylic acids is 2. The molecule has 6 nitrogen and oxygen atoms in total. The average molecular weight is 666 g/mol. The third-order valence-electron chi connectivity index (χ3n) is 9.16. The zero-order valence-corrected chi connectivity index (χ0v) is 28.6. The quantitative estimate of drug-likeness (QED) is 0.160. The number of alkyl halides is 3. The summed E-state index contributed by atoms with van der Waals surface area (Å²) in [7, 11) is 1.73. The minimum Gasteiger partial charge on any atom is -0.374 e. The zero-order chi connectivity index (χ0) is 34.5. The maximum Gasteiger partial charge on any atom is 0.416 e. The molecule has 1 unspecified atom stereocenters. The maximum atomic E-state index is 13.5. The lowest BCUT2D eigenvalue weighted by Gasteiger charge is -2.35. The molecule has 0 aromatic heterocycles. The number of morpholine rings is 1. The minimum atomic E-state index is -4.42. The van der Waals surface area contributed by atoms with Gasteiger partial charge in [-0.2, -0.15) is 13.2 Å². The molecule has 3 aromatic rings. The average Bonchev–Trinajstić information content (AvgIpc) is 3.09. The van der Waals surface area contributed by atoms with E-state index in [0.717, 1.165) is 76.7 Å². The number of unbranched alkanes of at least 4 members (excludes halogenated alkanes) is 2. The van der Waals surface area contributed by atoms with Gasteiger partial charge in [0.15, 0.2) is 0 Å². The van der Waals surface area contributed by atoms with Gasteiger partial charge in [0.1, 0.15) is 0 Å². The summed E-state index contributed by atoms with van der Waals surface area (Å²) < 4.78 is 45.1. The Morgan fingerprint density at radius 2 is 1.62 bits per heavy atom. The van der Waals surface area contributed by atoms with Crippen molar-refractivity contribution in [1.82, 2.24) is 15.1 Å². The third kappa shape index (κ3) is 10.7. The summed E-state index contributed by atoms with van der Waals surface area (Å²) in [5.41, 5.74) is 5.06. The summed E-state index contributed by atoms with van der Waals surface area (Å²) in [4.78, 5) is 29.9. The molecule has 1 aliphatic rings. The van der Waals surface area contributed by atoms with E-state index in [1.165, 1.54) is 28.8 Å². The van der Waals surface area contributed by atoms with E-state index in [2.05, 4.69) is 42.3 Å². The van der Waals surface area contributed by atoms with Crippen LogP contribution in [0.5, 0.6) is 0 Å². The number of nitrogens with zero attached hydrogens (tertiary/aromatic N) is 2. The topological polar surface area (TPSA) is 61.9 Å². The first kappa shape index (κ1) is 37.1. The highest BCUT2D eigenvalue weighted by Gasteiger charge is 2.30. The molecule has 1 aliphatic heterocycles. The molecule has 9 heteroatoms. The molecule has 1 fully saturated rings. The van der Waals surface area contributed by atoms with E-state index < -0.39 is 11.7 Å². The van der Waals surface area contributed by atoms with Crippen molar-refractivity contribution in [2.24, 2.45) is 0 Å². The molecule has 260 valence electrons. The lowest BCUT2D eigenvalue weighted by atomic mass is 9.93. The largest absolute Gasteiger partial charge is 0.416 e. The van der Waals surface area contributed by atoms with Crippen LogP contribution >= 0.6 is 0 Å². The van der Waals surface area contributed by atoms with E-state index in [1.54, 1.807) is 36.2 Å². The Kier molecular flexibility index (Phi) is 14.1. The molecule has 1 N–H and O–H groups in total. The standard InChI is InChI=1S/C39H50F3N3O3/c1-4-29-13-11-14-30(5-2)34(29)17-12-18-37(46)43-23-9-6-10-24-45-25-26-48-33(28-45)27-44(3)38(47)36-16-8-7-15-35(36)31-19-21-32(22-20-31)39(40,41)42/h7-8,11,13-16,19-22,33H,4-6,9-10,12,17-18,23-28H2,1-3H3,(H,43,46). The smallest absolute Gasteiger partial charge is 0.374 e. The Hall–Kier alpha value is -3.69. The summed E-state index contributed by atoms with van der Waals surface area (Å²) in [5, 5.41) is 3.08. The minimum absolute atomic E-state index is 0.124. The van der Waals surface area contributed by atoms with E-state index in [1.807, 2.05) is 0 Å². The van der Waals surface area contributed by atoms with Crippen LogP contribution in [-0.2, 0) is 35.0 Å². The fraction of sp³-hybridized carbons (Fsp3) is 0.487. The highest BCUT2D eigenvalue weighted by atomic mass is 19.4. The lowest BCUT2D eigenvalue weighted by Crippen LogP contribution is -2.48. The number of benzene rings is 3. The van der Waals surface area contributed by atoms with Gasteiger partial charge < -0.3 is 15.0 Å². The van der Waals surface area contributed by atoms with Crippen LogP contribution in [0.4, 0.5) is 13.2 Å². The Labute approximate surface area is 283 Å². The van der Waals surface area contributed by atoms with Crippen LogP contribution in [0.1, 0.15) is 78.6 Å². The Bertz CT molecular complexity index is 1450. The van der Waals surface area contributed by atoms with Crippen molar-refractivity contribution < 1.29 is 27.5 Å². The molecule has 1 saturated heterocycles. The SMILES string of the molecule is CCc1cccc(CC)c1CCCC(=O)NCCCCCN1CCOC(CN(C)C(=O)c2ccccc2-c2ccc(C(F)(F)F)cc2)C1. The van der Waals surface area contributed by atoms with Gasteiger partial charge in [0, 0.05) is 45.2 Å². The molecular weight excluding hydrogens is 615 g/mol. The number of aryl methyl sites for hydroxylation is 2. The Morgan fingerprint density at radius 1 is 0.917 bits per heavy atom. The summed E-state index contributed by atoms with van der Waals surface area (Å²) in [6.45, 7) is 8.54. The number of halogens is 3. The first-order valence-corrected chi connectivity index (χ1v) is 17.3. The van der Waals surface area contributed by atoms with Crippen LogP contribution < -0.4 is 5.32 Å². The molecule has 0 radical (unpaired) electrons. The maximum absolute atomic E-state index is 13.5. The molecule has 1 atom stereocenters.